The normalized spacial score (nSPS) is 19.0. The van der Waals surface area contributed by atoms with Crippen LogP contribution in [0.3, 0.4) is 0 Å². The van der Waals surface area contributed by atoms with Gasteiger partial charge in [-0.05, 0) is 55.3 Å². The van der Waals surface area contributed by atoms with Crippen LogP contribution in [0.2, 0.25) is 5.02 Å². The molecule has 0 radical (unpaired) electrons. The van der Waals surface area contributed by atoms with Crippen molar-refractivity contribution in [2.45, 2.75) is 52.0 Å². The number of nitrogens with one attached hydrogen (secondary N) is 1. The lowest BCUT2D eigenvalue weighted by molar-refractivity contribution is 0.161. The minimum absolute atomic E-state index is 0.362. The van der Waals surface area contributed by atoms with E-state index in [1.54, 1.807) is 7.11 Å². The van der Waals surface area contributed by atoms with Gasteiger partial charge in [-0.1, -0.05) is 44.4 Å². The van der Waals surface area contributed by atoms with Crippen molar-refractivity contribution in [1.82, 2.24) is 5.32 Å². The molecule has 1 aliphatic rings. The summed E-state index contributed by atoms with van der Waals surface area (Å²) in [4.78, 5) is 0. The first-order valence-electron chi connectivity index (χ1n) is 8.03. The zero-order valence-corrected chi connectivity index (χ0v) is 14.5. The van der Waals surface area contributed by atoms with Crippen molar-refractivity contribution in [3.8, 4) is 5.75 Å². The second-order valence-electron chi connectivity index (χ2n) is 6.78. The van der Waals surface area contributed by atoms with Crippen LogP contribution in [0.15, 0.2) is 18.2 Å². The molecule has 21 heavy (non-hydrogen) atoms. The molecular weight excluding hydrogens is 282 g/mol. The molecule has 1 fully saturated rings. The van der Waals surface area contributed by atoms with Crippen LogP contribution in [0.5, 0.6) is 5.75 Å². The van der Waals surface area contributed by atoms with E-state index in [1.807, 2.05) is 6.07 Å². The van der Waals surface area contributed by atoms with E-state index in [2.05, 4.69) is 38.3 Å². The molecule has 1 N–H and O–H groups in total. The lowest BCUT2D eigenvalue weighted by atomic mass is 9.70. The highest BCUT2D eigenvalue weighted by molar-refractivity contribution is 6.32. The lowest BCUT2D eigenvalue weighted by Gasteiger charge is -2.39. The average molecular weight is 310 g/mol. The van der Waals surface area contributed by atoms with Crippen LogP contribution >= 0.6 is 11.6 Å². The van der Waals surface area contributed by atoms with Crippen LogP contribution in [-0.4, -0.2) is 14.2 Å². The average Bonchev–Trinajstić information content (AvgIpc) is 2.88. The number of rotatable bonds is 6. The Labute approximate surface area is 134 Å². The van der Waals surface area contributed by atoms with Crippen LogP contribution in [-0.2, 0) is 0 Å². The number of ether oxygens (including phenoxy) is 1. The van der Waals surface area contributed by atoms with Crippen molar-refractivity contribution >= 4 is 11.6 Å². The number of methoxy groups -OCH3 is 1. The Morgan fingerprint density at radius 2 is 1.95 bits per heavy atom. The molecular formula is C18H28ClNO. The molecule has 118 valence electrons. The Morgan fingerprint density at radius 3 is 2.43 bits per heavy atom. The van der Waals surface area contributed by atoms with E-state index in [1.165, 1.54) is 37.7 Å². The van der Waals surface area contributed by atoms with Crippen LogP contribution < -0.4 is 10.1 Å². The second-order valence-corrected chi connectivity index (χ2v) is 7.19. The Hall–Kier alpha value is -0.730. The number of benzene rings is 1. The quantitative estimate of drug-likeness (QED) is 0.778. The topological polar surface area (TPSA) is 21.3 Å². The first-order valence-corrected chi connectivity index (χ1v) is 8.41. The summed E-state index contributed by atoms with van der Waals surface area (Å²) in [6.45, 7) is 4.65. The predicted octanol–water partition coefficient (Wildman–Crippen LogP) is 5.22. The largest absolute Gasteiger partial charge is 0.495 e. The molecule has 1 unspecified atom stereocenters. The molecule has 0 heterocycles. The molecule has 0 bridgehead atoms. The summed E-state index contributed by atoms with van der Waals surface area (Å²) in [6, 6.07) is 6.58. The van der Waals surface area contributed by atoms with E-state index in [9.17, 15) is 0 Å². The Kier molecular flexibility index (Phi) is 5.56. The van der Waals surface area contributed by atoms with Gasteiger partial charge in [0.1, 0.15) is 5.75 Å². The molecule has 1 aromatic carbocycles. The molecule has 0 spiro atoms. The summed E-state index contributed by atoms with van der Waals surface area (Å²) in [7, 11) is 3.73. The van der Waals surface area contributed by atoms with Gasteiger partial charge in [0.25, 0.3) is 0 Å². The van der Waals surface area contributed by atoms with Gasteiger partial charge in [0.05, 0.1) is 12.1 Å². The summed E-state index contributed by atoms with van der Waals surface area (Å²) in [5.41, 5.74) is 1.65. The molecule has 1 atom stereocenters. The van der Waals surface area contributed by atoms with Gasteiger partial charge >= 0.3 is 0 Å². The minimum Gasteiger partial charge on any atom is -0.495 e. The molecule has 0 aliphatic heterocycles. The van der Waals surface area contributed by atoms with Gasteiger partial charge in [0, 0.05) is 6.04 Å². The SMILES string of the molecule is CNC(c1ccc(OC)c(Cl)c1)C1(CC(C)C)CCCC1. The first-order chi connectivity index (χ1) is 10.0. The zero-order valence-electron chi connectivity index (χ0n) is 13.7. The fourth-order valence-corrected chi connectivity index (χ4v) is 4.46. The maximum Gasteiger partial charge on any atom is 0.137 e. The van der Waals surface area contributed by atoms with Crippen molar-refractivity contribution in [2.24, 2.45) is 11.3 Å². The van der Waals surface area contributed by atoms with E-state index in [0.29, 0.717) is 22.4 Å². The van der Waals surface area contributed by atoms with Crippen molar-refractivity contribution in [3.63, 3.8) is 0 Å². The molecule has 2 rings (SSSR count). The van der Waals surface area contributed by atoms with E-state index in [0.717, 1.165) is 5.75 Å². The molecule has 0 saturated heterocycles. The van der Waals surface area contributed by atoms with E-state index < -0.39 is 0 Å². The highest BCUT2D eigenvalue weighted by Crippen LogP contribution is 2.52. The third-order valence-electron chi connectivity index (χ3n) is 4.82. The minimum atomic E-state index is 0.362. The molecule has 1 aliphatic carbocycles. The fraction of sp³-hybridized carbons (Fsp3) is 0.667. The number of halogens is 1. The predicted molar refractivity (Wildman–Crippen MR) is 90.2 cm³/mol. The van der Waals surface area contributed by atoms with Gasteiger partial charge in [-0.3, -0.25) is 0 Å². The lowest BCUT2D eigenvalue weighted by Crippen LogP contribution is -2.35. The first kappa shape index (κ1) is 16.6. The Morgan fingerprint density at radius 1 is 1.29 bits per heavy atom. The van der Waals surface area contributed by atoms with Gasteiger partial charge in [-0.15, -0.1) is 0 Å². The van der Waals surface area contributed by atoms with Gasteiger partial charge < -0.3 is 10.1 Å². The van der Waals surface area contributed by atoms with E-state index in [-0.39, 0.29) is 0 Å². The van der Waals surface area contributed by atoms with Crippen LogP contribution in [0, 0.1) is 11.3 Å². The van der Waals surface area contributed by atoms with Crippen molar-refractivity contribution < 1.29 is 4.74 Å². The molecule has 3 heteroatoms. The van der Waals surface area contributed by atoms with Crippen LogP contribution in [0.4, 0.5) is 0 Å². The zero-order chi connectivity index (χ0) is 15.5. The third-order valence-corrected chi connectivity index (χ3v) is 5.12. The van der Waals surface area contributed by atoms with Crippen molar-refractivity contribution in [2.75, 3.05) is 14.2 Å². The van der Waals surface area contributed by atoms with Crippen LogP contribution in [0.1, 0.15) is 57.6 Å². The summed E-state index contributed by atoms with van der Waals surface area (Å²) < 4.78 is 5.28. The third kappa shape index (κ3) is 3.54. The summed E-state index contributed by atoms with van der Waals surface area (Å²) in [5.74, 6) is 1.47. The highest BCUT2D eigenvalue weighted by Gasteiger charge is 2.41. The second kappa shape index (κ2) is 7.02. The highest BCUT2D eigenvalue weighted by atomic mass is 35.5. The molecule has 0 aromatic heterocycles. The number of hydrogen-bond acceptors (Lipinski definition) is 2. The molecule has 1 aromatic rings. The van der Waals surface area contributed by atoms with Crippen molar-refractivity contribution in [3.05, 3.63) is 28.8 Å². The molecule has 2 nitrogen and oxygen atoms in total. The molecule has 0 amide bonds. The molecule has 1 saturated carbocycles. The van der Waals surface area contributed by atoms with Gasteiger partial charge in [-0.2, -0.15) is 0 Å². The monoisotopic (exact) mass is 309 g/mol. The Bertz CT molecular complexity index is 466. The Balaban J connectivity index is 2.34. The summed E-state index contributed by atoms with van der Waals surface area (Å²) in [6.07, 6.45) is 6.56. The van der Waals surface area contributed by atoms with Gasteiger partial charge in [-0.25, -0.2) is 0 Å². The number of hydrogen-bond donors (Lipinski definition) is 1. The van der Waals surface area contributed by atoms with Gasteiger partial charge in [0.2, 0.25) is 0 Å². The maximum atomic E-state index is 6.34. The maximum absolute atomic E-state index is 6.34. The van der Waals surface area contributed by atoms with E-state index >= 15 is 0 Å². The fourth-order valence-electron chi connectivity index (χ4n) is 4.19. The van der Waals surface area contributed by atoms with E-state index in [4.69, 9.17) is 16.3 Å². The van der Waals surface area contributed by atoms with Crippen molar-refractivity contribution in [1.29, 1.82) is 0 Å². The van der Waals surface area contributed by atoms with Gasteiger partial charge in [0.15, 0.2) is 0 Å². The standard InChI is InChI=1S/C18H28ClNO/c1-13(2)12-18(9-5-6-10-18)17(20-3)14-7-8-16(21-4)15(19)11-14/h7-8,11,13,17,20H,5-6,9-10,12H2,1-4H3. The summed E-state index contributed by atoms with van der Waals surface area (Å²) >= 11 is 6.34. The summed E-state index contributed by atoms with van der Waals surface area (Å²) in [5, 5.41) is 4.27. The van der Waals surface area contributed by atoms with Crippen LogP contribution in [0.25, 0.3) is 0 Å². The smallest absolute Gasteiger partial charge is 0.137 e.